The first-order valence-corrected chi connectivity index (χ1v) is 6.72. The molecule has 1 rings (SSSR count). The van der Waals surface area contributed by atoms with Crippen LogP contribution in [0.15, 0.2) is 24.3 Å². The molecule has 0 fully saturated rings. The molecule has 112 valence electrons. The predicted octanol–water partition coefficient (Wildman–Crippen LogP) is 2.01. The zero-order valence-electron chi connectivity index (χ0n) is 12.3. The van der Waals surface area contributed by atoms with Crippen LogP contribution in [0.25, 0.3) is 0 Å². The number of methoxy groups -OCH3 is 1. The van der Waals surface area contributed by atoms with Crippen LogP contribution in [0.2, 0.25) is 0 Å². The maximum absolute atomic E-state index is 11.0. The van der Waals surface area contributed by atoms with E-state index in [0.29, 0.717) is 19.6 Å². The zero-order chi connectivity index (χ0) is 15.0. The molecule has 1 aromatic rings. The van der Waals surface area contributed by atoms with E-state index in [1.54, 1.807) is 14.0 Å². The fourth-order valence-electron chi connectivity index (χ4n) is 1.98. The maximum Gasteiger partial charge on any atom is 0.332 e. The predicted molar refractivity (Wildman–Crippen MR) is 77.0 cm³/mol. The van der Waals surface area contributed by atoms with Gasteiger partial charge in [0.1, 0.15) is 5.75 Å². The summed E-state index contributed by atoms with van der Waals surface area (Å²) in [6.07, 6.45) is -0.253. The van der Waals surface area contributed by atoms with E-state index in [0.717, 1.165) is 17.9 Å². The van der Waals surface area contributed by atoms with Crippen molar-refractivity contribution < 1.29 is 19.4 Å². The topological polar surface area (TPSA) is 59.0 Å². The van der Waals surface area contributed by atoms with Gasteiger partial charge in [0.2, 0.25) is 0 Å². The number of hydrogen-bond donors (Lipinski definition) is 1. The molecule has 1 N–H and O–H groups in total. The molecule has 0 saturated carbocycles. The summed E-state index contributed by atoms with van der Waals surface area (Å²) in [5, 5.41) is 9.02. The Morgan fingerprint density at radius 2 is 2.20 bits per heavy atom. The minimum Gasteiger partial charge on any atom is -0.497 e. The molecule has 5 heteroatoms. The van der Waals surface area contributed by atoms with Gasteiger partial charge < -0.3 is 19.5 Å². The summed E-state index contributed by atoms with van der Waals surface area (Å²) in [7, 11) is 3.60. The summed E-state index contributed by atoms with van der Waals surface area (Å²) in [4.78, 5) is 13.1. The van der Waals surface area contributed by atoms with Gasteiger partial charge in [-0.25, -0.2) is 4.79 Å². The second kappa shape index (κ2) is 8.55. The molecule has 0 amide bonds. The third-order valence-electron chi connectivity index (χ3n) is 3.00. The highest BCUT2D eigenvalue weighted by Gasteiger charge is 2.17. The number of carboxylic acids is 1. The highest BCUT2D eigenvalue weighted by molar-refractivity contribution is 5.72. The van der Waals surface area contributed by atoms with Crippen LogP contribution < -0.4 is 4.74 Å². The number of hydrogen-bond acceptors (Lipinski definition) is 4. The standard InChI is InChI=1S/C15H23NO4/c1-4-20-14(15(17)18)8-9-16(2)11-12-6-5-7-13(10-12)19-3/h5-7,10,14H,4,8-9,11H2,1-3H3,(H,17,18). The van der Waals surface area contributed by atoms with Crippen LogP contribution >= 0.6 is 0 Å². The van der Waals surface area contributed by atoms with Crippen molar-refractivity contribution in [3.8, 4) is 5.75 Å². The fourth-order valence-corrected chi connectivity index (χ4v) is 1.98. The molecule has 0 bridgehead atoms. The second-order valence-corrected chi connectivity index (χ2v) is 4.66. The van der Waals surface area contributed by atoms with Crippen LogP contribution in [-0.2, 0) is 16.1 Å². The van der Waals surface area contributed by atoms with E-state index in [-0.39, 0.29) is 0 Å². The third-order valence-corrected chi connectivity index (χ3v) is 3.00. The van der Waals surface area contributed by atoms with E-state index < -0.39 is 12.1 Å². The number of carboxylic acid groups (broad SMARTS) is 1. The van der Waals surface area contributed by atoms with Gasteiger partial charge in [0.25, 0.3) is 0 Å². The Bertz CT molecular complexity index is 422. The van der Waals surface area contributed by atoms with E-state index in [1.807, 2.05) is 31.3 Å². The Balaban J connectivity index is 2.46. The van der Waals surface area contributed by atoms with Gasteiger partial charge in [-0.15, -0.1) is 0 Å². The molecule has 0 heterocycles. The van der Waals surface area contributed by atoms with Crippen molar-refractivity contribution in [2.45, 2.75) is 26.0 Å². The first kappa shape index (κ1) is 16.5. The number of rotatable bonds is 9. The van der Waals surface area contributed by atoms with Gasteiger partial charge in [-0.1, -0.05) is 12.1 Å². The van der Waals surface area contributed by atoms with Crippen molar-refractivity contribution >= 4 is 5.97 Å². The number of nitrogens with zero attached hydrogens (tertiary/aromatic N) is 1. The summed E-state index contributed by atoms with van der Waals surface area (Å²) in [5.74, 6) is -0.0738. The van der Waals surface area contributed by atoms with Gasteiger partial charge in [-0.05, 0) is 38.1 Å². The van der Waals surface area contributed by atoms with Crippen molar-refractivity contribution in [2.75, 3.05) is 27.3 Å². The molecule has 5 nitrogen and oxygen atoms in total. The minimum absolute atomic E-state index is 0.413. The van der Waals surface area contributed by atoms with Crippen LogP contribution in [0.3, 0.4) is 0 Å². The number of ether oxygens (including phenoxy) is 2. The number of aliphatic carboxylic acids is 1. The molecule has 0 radical (unpaired) electrons. The quantitative estimate of drug-likeness (QED) is 0.750. The minimum atomic E-state index is -0.901. The Labute approximate surface area is 120 Å². The second-order valence-electron chi connectivity index (χ2n) is 4.66. The van der Waals surface area contributed by atoms with Gasteiger partial charge >= 0.3 is 5.97 Å². The summed E-state index contributed by atoms with van der Waals surface area (Å²) in [6.45, 7) is 3.62. The molecule has 1 unspecified atom stereocenters. The summed E-state index contributed by atoms with van der Waals surface area (Å²) >= 11 is 0. The smallest absolute Gasteiger partial charge is 0.332 e. The van der Waals surface area contributed by atoms with E-state index >= 15 is 0 Å². The van der Waals surface area contributed by atoms with Crippen LogP contribution in [0, 0.1) is 0 Å². The summed E-state index contributed by atoms with van der Waals surface area (Å²) < 4.78 is 10.4. The Morgan fingerprint density at radius 3 is 2.80 bits per heavy atom. The van der Waals surface area contributed by atoms with Crippen molar-refractivity contribution in [3.63, 3.8) is 0 Å². The number of carbonyl (C=O) groups is 1. The molecule has 0 aliphatic carbocycles. The Hall–Kier alpha value is -1.59. The van der Waals surface area contributed by atoms with Crippen molar-refractivity contribution in [1.29, 1.82) is 0 Å². The zero-order valence-corrected chi connectivity index (χ0v) is 12.3. The van der Waals surface area contributed by atoms with Gasteiger partial charge in [-0.2, -0.15) is 0 Å². The molecule has 0 saturated heterocycles. The maximum atomic E-state index is 11.0. The lowest BCUT2D eigenvalue weighted by atomic mass is 10.2. The number of benzene rings is 1. The van der Waals surface area contributed by atoms with Crippen molar-refractivity contribution in [2.24, 2.45) is 0 Å². The summed E-state index contributed by atoms with van der Waals surface area (Å²) in [5.41, 5.74) is 1.13. The highest BCUT2D eigenvalue weighted by Crippen LogP contribution is 2.14. The summed E-state index contributed by atoms with van der Waals surface area (Å²) in [6, 6.07) is 7.85. The van der Waals surface area contributed by atoms with Gasteiger partial charge in [0, 0.05) is 19.7 Å². The molecule has 1 atom stereocenters. The lowest BCUT2D eigenvalue weighted by molar-refractivity contribution is -0.150. The van der Waals surface area contributed by atoms with Crippen molar-refractivity contribution in [1.82, 2.24) is 4.90 Å². The van der Waals surface area contributed by atoms with Crippen molar-refractivity contribution in [3.05, 3.63) is 29.8 Å². The van der Waals surface area contributed by atoms with E-state index in [9.17, 15) is 4.79 Å². The van der Waals surface area contributed by atoms with Crippen LogP contribution in [0.5, 0.6) is 5.75 Å². The monoisotopic (exact) mass is 281 g/mol. The van der Waals surface area contributed by atoms with Crippen LogP contribution in [0.1, 0.15) is 18.9 Å². The van der Waals surface area contributed by atoms with Gasteiger partial charge in [0.05, 0.1) is 7.11 Å². The third kappa shape index (κ3) is 5.59. The first-order chi connectivity index (χ1) is 9.56. The van der Waals surface area contributed by atoms with E-state index in [4.69, 9.17) is 14.6 Å². The van der Waals surface area contributed by atoms with E-state index in [2.05, 4.69) is 4.90 Å². The average molecular weight is 281 g/mol. The van der Waals surface area contributed by atoms with Gasteiger partial charge in [-0.3, -0.25) is 0 Å². The molecule has 0 aliphatic rings. The van der Waals surface area contributed by atoms with Crippen LogP contribution in [0.4, 0.5) is 0 Å². The Kier molecular flexibility index (Phi) is 7.04. The molecule has 0 aromatic heterocycles. The van der Waals surface area contributed by atoms with Crippen LogP contribution in [-0.4, -0.2) is 49.4 Å². The SMILES string of the molecule is CCOC(CCN(C)Cc1cccc(OC)c1)C(=O)O. The normalized spacial score (nSPS) is 12.4. The molecular weight excluding hydrogens is 258 g/mol. The lowest BCUT2D eigenvalue weighted by Gasteiger charge is -2.19. The fraction of sp³-hybridized carbons (Fsp3) is 0.533. The highest BCUT2D eigenvalue weighted by atomic mass is 16.5. The Morgan fingerprint density at radius 1 is 1.45 bits per heavy atom. The first-order valence-electron chi connectivity index (χ1n) is 6.72. The molecule has 0 aliphatic heterocycles. The van der Waals surface area contributed by atoms with E-state index in [1.165, 1.54) is 0 Å². The van der Waals surface area contributed by atoms with Gasteiger partial charge in [0.15, 0.2) is 6.10 Å². The molecule has 1 aromatic carbocycles. The average Bonchev–Trinajstić information content (AvgIpc) is 2.43. The molecule has 0 spiro atoms. The molecule has 20 heavy (non-hydrogen) atoms. The largest absolute Gasteiger partial charge is 0.497 e. The lowest BCUT2D eigenvalue weighted by Crippen LogP contribution is -2.29. The molecular formula is C15H23NO4.